The highest BCUT2D eigenvalue weighted by atomic mass is 16.5. The third-order valence-electron chi connectivity index (χ3n) is 12.3. The monoisotopic (exact) mass is 570 g/mol. The van der Waals surface area contributed by atoms with E-state index in [1.54, 1.807) is 0 Å². The van der Waals surface area contributed by atoms with Crippen LogP contribution in [0.3, 0.4) is 0 Å². The van der Waals surface area contributed by atoms with E-state index in [9.17, 15) is 9.59 Å². The first-order chi connectivity index (χ1) is 19.4. The number of allylic oxidation sites excluding steroid dienone is 2. The van der Waals surface area contributed by atoms with Crippen LogP contribution in [0.15, 0.2) is 12.2 Å². The lowest BCUT2D eigenvalue weighted by molar-refractivity contribution is -0.156. The Kier molecular flexibility index (Phi) is 11.1. The van der Waals surface area contributed by atoms with Crippen LogP contribution in [0.2, 0.25) is 0 Å². The summed E-state index contributed by atoms with van der Waals surface area (Å²) in [6.45, 7) is 14.1. The van der Waals surface area contributed by atoms with Crippen molar-refractivity contribution in [3.63, 3.8) is 0 Å². The Morgan fingerprint density at radius 1 is 0.927 bits per heavy atom. The standard InChI is InChI=1S/C36H62N2O3/c1-25(2)10-8-11-26(3)30-14-15-31-29-13-12-27-24-28(18-20-35(27,4)32(29)19-21-36(30,31)5)41-34(40)17-16-33(39)37-22-9-23-38(6)7/h12-13,25-32H,8-11,14-24H2,1-7H3,(H,37,39). The Morgan fingerprint density at radius 2 is 1.66 bits per heavy atom. The average molecular weight is 571 g/mol. The molecule has 0 saturated heterocycles. The molecule has 0 aromatic heterocycles. The minimum Gasteiger partial charge on any atom is -0.462 e. The minimum absolute atomic E-state index is 0.0127. The number of carbonyl (C=O) groups is 2. The third-order valence-corrected chi connectivity index (χ3v) is 12.3. The molecule has 0 aliphatic heterocycles. The molecule has 4 rings (SSSR count). The van der Waals surface area contributed by atoms with Gasteiger partial charge in [-0.15, -0.1) is 0 Å². The largest absolute Gasteiger partial charge is 0.462 e. The fraction of sp³-hybridized carbons (Fsp3) is 0.889. The van der Waals surface area contributed by atoms with Crippen LogP contribution in [0.5, 0.6) is 0 Å². The molecule has 0 aromatic carbocycles. The Balaban J connectivity index is 1.28. The zero-order valence-electron chi connectivity index (χ0n) is 27.6. The van der Waals surface area contributed by atoms with Crippen LogP contribution in [0.25, 0.3) is 0 Å². The number of hydrogen-bond acceptors (Lipinski definition) is 4. The molecule has 3 saturated carbocycles. The zero-order valence-corrected chi connectivity index (χ0v) is 27.6. The Labute approximate surface area is 252 Å². The second kappa shape index (κ2) is 14.0. The molecule has 0 aromatic rings. The number of amides is 1. The number of nitrogens with one attached hydrogen (secondary N) is 1. The molecule has 5 heteroatoms. The molecular formula is C36H62N2O3. The number of nitrogens with zero attached hydrogens (tertiary/aromatic N) is 1. The SMILES string of the molecule is CC(C)CCCC(C)C1CCC2C3C=CC4CC(OC(=O)CCC(=O)NCCCN(C)C)CCC4(C)C3CCC12C. The summed E-state index contributed by atoms with van der Waals surface area (Å²) in [5.41, 5.74) is 0.814. The van der Waals surface area contributed by atoms with E-state index in [-0.39, 0.29) is 30.8 Å². The quantitative estimate of drug-likeness (QED) is 0.140. The molecule has 9 unspecified atom stereocenters. The van der Waals surface area contributed by atoms with Crippen molar-refractivity contribution in [1.29, 1.82) is 0 Å². The van der Waals surface area contributed by atoms with Crippen LogP contribution in [0.4, 0.5) is 0 Å². The van der Waals surface area contributed by atoms with Gasteiger partial charge in [0.2, 0.25) is 5.91 Å². The van der Waals surface area contributed by atoms with E-state index in [4.69, 9.17) is 4.74 Å². The molecule has 5 nitrogen and oxygen atoms in total. The van der Waals surface area contributed by atoms with Crippen LogP contribution >= 0.6 is 0 Å². The number of fused-ring (bicyclic) bond motifs is 5. The molecule has 3 fully saturated rings. The van der Waals surface area contributed by atoms with E-state index in [1.165, 1.54) is 44.9 Å². The maximum Gasteiger partial charge on any atom is 0.306 e. The lowest BCUT2D eigenvalue weighted by atomic mass is 9.46. The number of rotatable bonds is 13. The van der Waals surface area contributed by atoms with Crippen molar-refractivity contribution in [2.45, 2.75) is 124 Å². The topological polar surface area (TPSA) is 58.6 Å². The first-order valence-corrected chi connectivity index (χ1v) is 17.2. The van der Waals surface area contributed by atoms with Crippen molar-refractivity contribution < 1.29 is 14.3 Å². The fourth-order valence-electron chi connectivity index (χ4n) is 9.88. The fourth-order valence-corrected chi connectivity index (χ4v) is 9.88. The van der Waals surface area contributed by atoms with Crippen LogP contribution < -0.4 is 5.32 Å². The molecule has 234 valence electrons. The van der Waals surface area contributed by atoms with Crippen LogP contribution in [-0.4, -0.2) is 50.1 Å². The molecule has 1 amide bonds. The van der Waals surface area contributed by atoms with E-state index in [2.05, 4.69) is 57.0 Å². The van der Waals surface area contributed by atoms with Crippen molar-refractivity contribution in [2.24, 2.45) is 52.3 Å². The van der Waals surface area contributed by atoms with Crippen LogP contribution in [-0.2, 0) is 14.3 Å². The minimum atomic E-state index is -0.215. The van der Waals surface area contributed by atoms with Gasteiger partial charge < -0.3 is 15.0 Å². The molecule has 0 radical (unpaired) electrons. The van der Waals surface area contributed by atoms with Gasteiger partial charge in [-0.25, -0.2) is 0 Å². The van der Waals surface area contributed by atoms with E-state index >= 15 is 0 Å². The lowest BCUT2D eigenvalue weighted by Crippen LogP contribution is -2.52. The summed E-state index contributed by atoms with van der Waals surface area (Å²) in [6.07, 6.45) is 19.2. The molecule has 0 bridgehead atoms. The second-order valence-corrected chi connectivity index (χ2v) is 15.7. The first kappa shape index (κ1) is 32.6. The molecule has 0 heterocycles. The van der Waals surface area contributed by atoms with Crippen molar-refractivity contribution in [3.05, 3.63) is 12.2 Å². The number of hydrogen-bond donors (Lipinski definition) is 1. The second-order valence-electron chi connectivity index (χ2n) is 15.7. The normalized spacial score (nSPS) is 36.9. The molecule has 41 heavy (non-hydrogen) atoms. The van der Waals surface area contributed by atoms with Crippen LogP contribution in [0.1, 0.15) is 118 Å². The van der Waals surface area contributed by atoms with Gasteiger partial charge in [-0.05, 0) is 124 Å². The van der Waals surface area contributed by atoms with Gasteiger partial charge >= 0.3 is 5.97 Å². The van der Waals surface area contributed by atoms with Gasteiger partial charge in [0.15, 0.2) is 0 Å². The highest BCUT2D eigenvalue weighted by molar-refractivity contribution is 5.81. The predicted molar refractivity (Wildman–Crippen MR) is 168 cm³/mol. The predicted octanol–water partition coefficient (Wildman–Crippen LogP) is 7.64. The molecule has 4 aliphatic rings. The van der Waals surface area contributed by atoms with Gasteiger partial charge in [0.25, 0.3) is 0 Å². The molecule has 4 aliphatic carbocycles. The van der Waals surface area contributed by atoms with E-state index in [0.717, 1.165) is 67.7 Å². The van der Waals surface area contributed by atoms with Gasteiger partial charge in [0.05, 0.1) is 6.42 Å². The van der Waals surface area contributed by atoms with Gasteiger partial charge in [0, 0.05) is 13.0 Å². The summed E-state index contributed by atoms with van der Waals surface area (Å²) < 4.78 is 5.94. The van der Waals surface area contributed by atoms with Crippen molar-refractivity contribution in [2.75, 3.05) is 27.2 Å². The Bertz CT molecular complexity index is 915. The molecular weight excluding hydrogens is 508 g/mol. The summed E-state index contributed by atoms with van der Waals surface area (Å²) >= 11 is 0. The van der Waals surface area contributed by atoms with Crippen molar-refractivity contribution >= 4 is 11.9 Å². The highest BCUT2D eigenvalue weighted by Crippen LogP contribution is 2.67. The number of ether oxygens (including phenoxy) is 1. The van der Waals surface area contributed by atoms with Gasteiger partial charge in [-0.3, -0.25) is 9.59 Å². The van der Waals surface area contributed by atoms with Gasteiger partial charge in [0.1, 0.15) is 6.10 Å². The summed E-state index contributed by atoms with van der Waals surface area (Å²) in [5.74, 6) is 5.08. The van der Waals surface area contributed by atoms with Crippen molar-refractivity contribution in [1.82, 2.24) is 10.2 Å². The van der Waals surface area contributed by atoms with Gasteiger partial charge in [-0.1, -0.05) is 66.0 Å². The molecule has 0 spiro atoms. The summed E-state index contributed by atoms with van der Waals surface area (Å²) in [4.78, 5) is 26.9. The molecule has 1 N–H and O–H groups in total. The highest BCUT2D eigenvalue weighted by Gasteiger charge is 2.59. The van der Waals surface area contributed by atoms with E-state index in [0.29, 0.717) is 23.3 Å². The first-order valence-electron chi connectivity index (χ1n) is 17.2. The number of esters is 1. The zero-order chi connectivity index (χ0) is 29.8. The lowest BCUT2D eigenvalue weighted by Gasteiger charge is -2.59. The summed E-state index contributed by atoms with van der Waals surface area (Å²) in [5, 5.41) is 2.92. The summed E-state index contributed by atoms with van der Waals surface area (Å²) in [6, 6.07) is 0. The Morgan fingerprint density at radius 3 is 2.39 bits per heavy atom. The van der Waals surface area contributed by atoms with Gasteiger partial charge in [-0.2, -0.15) is 0 Å². The average Bonchev–Trinajstić information content (AvgIpc) is 3.27. The van der Waals surface area contributed by atoms with E-state index in [1.807, 2.05) is 14.1 Å². The van der Waals surface area contributed by atoms with Crippen molar-refractivity contribution in [3.8, 4) is 0 Å². The summed E-state index contributed by atoms with van der Waals surface area (Å²) in [7, 11) is 4.05. The maximum atomic E-state index is 12.6. The third kappa shape index (κ3) is 7.60. The van der Waals surface area contributed by atoms with E-state index < -0.39 is 0 Å². The number of carbonyl (C=O) groups excluding carboxylic acids is 2. The Hall–Kier alpha value is -1.36. The van der Waals surface area contributed by atoms with Crippen LogP contribution in [0, 0.1) is 52.3 Å². The smallest absolute Gasteiger partial charge is 0.306 e. The maximum absolute atomic E-state index is 12.6. The molecule has 9 atom stereocenters.